The number of aromatic nitrogens is 1. The first kappa shape index (κ1) is 12.5. The average molecular weight is 249 g/mol. The van der Waals surface area contributed by atoms with E-state index in [0.717, 1.165) is 32.1 Å². The van der Waals surface area contributed by atoms with E-state index in [-0.39, 0.29) is 11.7 Å². The highest BCUT2D eigenvalue weighted by molar-refractivity contribution is 5.65. The van der Waals surface area contributed by atoms with Crippen molar-refractivity contribution in [2.75, 3.05) is 11.4 Å². The maximum Gasteiger partial charge on any atom is 0.290 e. The molecule has 1 aromatic heterocycles. The van der Waals surface area contributed by atoms with Crippen LogP contribution in [0.1, 0.15) is 24.8 Å². The number of nitro groups is 1. The van der Waals surface area contributed by atoms with E-state index in [0.29, 0.717) is 11.4 Å². The van der Waals surface area contributed by atoms with E-state index >= 15 is 0 Å². The molecule has 1 atom stereocenters. The number of hydrogen-bond donors (Lipinski definition) is 0. The van der Waals surface area contributed by atoms with E-state index in [4.69, 9.17) is 0 Å². The Morgan fingerprint density at radius 1 is 1.56 bits per heavy atom. The van der Waals surface area contributed by atoms with Gasteiger partial charge in [-0.2, -0.15) is 0 Å². The highest BCUT2D eigenvalue weighted by Gasteiger charge is 2.24. The van der Waals surface area contributed by atoms with Gasteiger partial charge in [0, 0.05) is 12.1 Å². The molecule has 2 heterocycles. The standard InChI is InChI=1S/C12H15N3O3/c1-9-6-12(13-7-11(9)15(17)18)14-5-3-2-4-10(14)8-16/h6-8,10H,2-5H2,1H3. The maximum absolute atomic E-state index is 11.0. The van der Waals surface area contributed by atoms with Crippen molar-refractivity contribution < 1.29 is 9.72 Å². The Labute approximate surface area is 105 Å². The Bertz CT molecular complexity index is 476. The van der Waals surface area contributed by atoms with Gasteiger partial charge in [0.25, 0.3) is 5.69 Å². The van der Waals surface area contributed by atoms with Gasteiger partial charge in [0.15, 0.2) is 0 Å². The van der Waals surface area contributed by atoms with E-state index in [1.165, 1.54) is 6.20 Å². The molecule has 1 aromatic rings. The highest BCUT2D eigenvalue weighted by Crippen LogP contribution is 2.26. The number of pyridine rings is 1. The molecule has 0 spiro atoms. The lowest BCUT2D eigenvalue weighted by atomic mass is 10.0. The number of nitrogens with zero attached hydrogens (tertiary/aromatic N) is 3. The largest absolute Gasteiger partial charge is 0.347 e. The van der Waals surface area contributed by atoms with Crippen molar-refractivity contribution in [3.8, 4) is 0 Å². The summed E-state index contributed by atoms with van der Waals surface area (Å²) in [6, 6.07) is 1.52. The molecule has 1 aliphatic heterocycles. The van der Waals surface area contributed by atoms with Crippen LogP contribution >= 0.6 is 0 Å². The van der Waals surface area contributed by atoms with Gasteiger partial charge in [-0.3, -0.25) is 10.1 Å². The molecule has 1 fully saturated rings. The molecule has 0 bridgehead atoms. The molecule has 6 heteroatoms. The summed E-state index contributed by atoms with van der Waals surface area (Å²) >= 11 is 0. The Morgan fingerprint density at radius 3 is 2.94 bits per heavy atom. The predicted molar refractivity (Wildman–Crippen MR) is 66.7 cm³/mol. The van der Waals surface area contributed by atoms with Crippen molar-refractivity contribution >= 4 is 17.8 Å². The normalized spacial score (nSPS) is 19.6. The minimum Gasteiger partial charge on any atom is -0.347 e. The lowest BCUT2D eigenvalue weighted by Gasteiger charge is -2.33. The first-order valence-electron chi connectivity index (χ1n) is 5.96. The summed E-state index contributed by atoms with van der Waals surface area (Å²) in [7, 11) is 0. The summed E-state index contributed by atoms with van der Waals surface area (Å²) in [6.45, 7) is 2.46. The maximum atomic E-state index is 11.0. The second-order valence-electron chi connectivity index (χ2n) is 4.48. The molecule has 6 nitrogen and oxygen atoms in total. The fourth-order valence-electron chi connectivity index (χ4n) is 2.27. The number of carbonyl (C=O) groups is 1. The molecule has 18 heavy (non-hydrogen) atoms. The third-order valence-corrected chi connectivity index (χ3v) is 3.27. The Hall–Kier alpha value is -1.98. The molecule has 0 aromatic carbocycles. The zero-order valence-corrected chi connectivity index (χ0v) is 10.2. The van der Waals surface area contributed by atoms with Gasteiger partial charge in [0.1, 0.15) is 18.3 Å². The Morgan fingerprint density at radius 2 is 2.33 bits per heavy atom. The fraction of sp³-hybridized carbons (Fsp3) is 0.500. The van der Waals surface area contributed by atoms with Crippen LogP contribution < -0.4 is 4.90 Å². The lowest BCUT2D eigenvalue weighted by molar-refractivity contribution is -0.385. The smallest absolute Gasteiger partial charge is 0.290 e. The summed E-state index contributed by atoms with van der Waals surface area (Å²) in [5.74, 6) is 0.648. The molecule has 0 saturated carbocycles. The second-order valence-corrected chi connectivity index (χ2v) is 4.48. The van der Waals surface area contributed by atoms with Crippen LogP contribution in [0.15, 0.2) is 12.3 Å². The van der Waals surface area contributed by atoms with E-state index in [1.807, 2.05) is 4.90 Å². The van der Waals surface area contributed by atoms with Crippen LogP contribution in [0.25, 0.3) is 0 Å². The van der Waals surface area contributed by atoms with Crippen molar-refractivity contribution in [3.05, 3.63) is 27.9 Å². The van der Waals surface area contributed by atoms with Gasteiger partial charge >= 0.3 is 0 Å². The summed E-state index contributed by atoms with van der Waals surface area (Å²) in [5, 5.41) is 10.7. The number of hydrogen-bond acceptors (Lipinski definition) is 5. The summed E-state index contributed by atoms with van der Waals surface area (Å²) in [4.78, 5) is 27.3. The molecule has 0 amide bonds. The Balaban J connectivity index is 2.30. The van der Waals surface area contributed by atoms with E-state index in [2.05, 4.69) is 4.98 Å². The minimum atomic E-state index is -0.445. The Kier molecular flexibility index (Phi) is 3.55. The van der Waals surface area contributed by atoms with E-state index in [9.17, 15) is 14.9 Å². The van der Waals surface area contributed by atoms with Gasteiger partial charge < -0.3 is 9.69 Å². The minimum absolute atomic E-state index is 0.0124. The zero-order valence-electron chi connectivity index (χ0n) is 10.2. The zero-order chi connectivity index (χ0) is 13.1. The molecule has 1 saturated heterocycles. The van der Waals surface area contributed by atoms with Crippen LogP contribution in [0.2, 0.25) is 0 Å². The van der Waals surface area contributed by atoms with Crippen molar-refractivity contribution in [1.82, 2.24) is 4.98 Å². The molecule has 1 aliphatic rings. The first-order chi connectivity index (χ1) is 8.63. The highest BCUT2D eigenvalue weighted by atomic mass is 16.6. The van der Waals surface area contributed by atoms with Gasteiger partial charge in [0.2, 0.25) is 0 Å². The predicted octanol–water partition coefficient (Wildman–Crippen LogP) is 1.86. The quantitative estimate of drug-likeness (QED) is 0.464. The van der Waals surface area contributed by atoms with Crippen LogP contribution in [-0.4, -0.2) is 28.8 Å². The van der Waals surface area contributed by atoms with Gasteiger partial charge in [-0.25, -0.2) is 4.98 Å². The van der Waals surface area contributed by atoms with Gasteiger partial charge in [-0.15, -0.1) is 0 Å². The van der Waals surface area contributed by atoms with Crippen molar-refractivity contribution in [2.45, 2.75) is 32.2 Å². The lowest BCUT2D eigenvalue weighted by Crippen LogP contribution is -2.41. The molecule has 0 radical (unpaired) electrons. The van der Waals surface area contributed by atoms with Crippen LogP contribution in [0.3, 0.4) is 0 Å². The monoisotopic (exact) mass is 249 g/mol. The van der Waals surface area contributed by atoms with E-state index in [1.54, 1.807) is 13.0 Å². The summed E-state index contributed by atoms with van der Waals surface area (Å²) < 4.78 is 0. The number of aldehydes is 1. The van der Waals surface area contributed by atoms with Crippen LogP contribution in [0.4, 0.5) is 11.5 Å². The third kappa shape index (κ3) is 2.32. The van der Waals surface area contributed by atoms with Crippen molar-refractivity contribution in [1.29, 1.82) is 0 Å². The second kappa shape index (κ2) is 5.12. The van der Waals surface area contributed by atoms with Gasteiger partial charge in [0.05, 0.1) is 11.0 Å². The SMILES string of the molecule is Cc1cc(N2CCCCC2C=O)ncc1[N+](=O)[O-]. The topological polar surface area (TPSA) is 76.3 Å². The molecular formula is C12H15N3O3. The van der Waals surface area contributed by atoms with Crippen molar-refractivity contribution in [3.63, 3.8) is 0 Å². The molecule has 0 N–H and O–H groups in total. The fourth-order valence-corrected chi connectivity index (χ4v) is 2.27. The number of anilines is 1. The molecule has 1 unspecified atom stereocenters. The van der Waals surface area contributed by atoms with Gasteiger partial charge in [-0.1, -0.05) is 0 Å². The van der Waals surface area contributed by atoms with Crippen LogP contribution in [0, 0.1) is 17.0 Å². The summed E-state index contributed by atoms with van der Waals surface area (Å²) in [6.07, 6.45) is 5.06. The average Bonchev–Trinajstić information content (AvgIpc) is 2.38. The number of rotatable bonds is 3. The number of carbonyl (C=O) groups excluding carboxylic acids is 1. The third-order valence-electron chi connectivity index (χ3n) is 3.27. The molecule has 0 aliphatic carbocycles. The molecule has 2 rings (SSSR count). The first-order valence-corrected chi connectivity index (χ1v) is 5.96. The van der Waals surface area contributed by atoms with Crippen LogP contribution in [-0.2, 0) is 4.79 Å². The number of piperidine rings is 1. The van der Waals surface area contributed by atoms with Gasteiger partial charge in [-0.05, 0) is 32.3 Å². The van der Waals surface area contributed by atoms with Crippen LogP contribution in [0.5, 0.6) is 0 Å². The van der Waals surface area contributed by atoms with Crippen molar-refractivity contribution in [2.24, 2.45) is 0 Å². The summed E-state index contributed by atoms with van der Waals surface area (Å²) in [5.41, 5.74) is 0.582. The molecule has 96 valence electrons. The number of aryl methyl sites for hydroxylation is 1. The van der Waals surface area contributed by atoms with E-state index < -0.39 is 4.92 Å². The molecular weight excluding hydrogens is 234 g/mol.